The van der Waals surface area contributed by atoms with Crippen molar-refractivity contribution in [3.8, 4) is 0 Å². The molecule has 1 heterocycles. The normalized spacial score (nSPS) is 18.3. The Hall–Kier alpha value is -0.490. The van der Waals surface area contributed by atoms with Gasteiger partial charge in [0.05, 0.1) is 11.9 Å². The van der Waals surface area contributed by atoms with Gasteiger partial charge in [-0.1, -0.05) is 19.3 Å². The van der Waals surface area contributed by atoms with Gasteiger partial charge < -0.3 is 5.32 Å². The number of rotatable bonds is 4. The van der Waals surface area contributed by atoms with E-state index in [9.17, 15) is 4.79 Å². The Bertz CT molecular complexity index is 497. The van der Waals surface area contributed by atoms with E-state index in [1.807, 2.05) is 11.8 Å². The lowest BCUT2D eigenvalue weighted by atomic mass is 9.88. The maximum atomic E-state index is 11.8. The molecule has 1 aromatic heterocycles. The Morgan fingerprint density at radius 1 is 1.47 bits per heavy atom. The van der Waals surface area contributed by atoms with Gasteiger partial charge in [-0.05, 0) is 35.0 Å². The highest BCUT2D eigenvalue weighted by atomic mass is 79.9. The molecule has 4 nitrogen and oxygen atoms in total. The summed E-state index contributed by atoms with van der Waals surface area (Å²) in [6.45, 7) is 0.890. The Kier molecular flexibility index (Phi) is 4.95. The molecule has 0 aliphatic heterocycles. The first-order valence-electron chi connectivity index (χ1n) is 6.59. The summed E-state index contributed by atoms with van der Waals surface area (Å²) in [5, 5.41) is 7.46. The molecule has 0 amide bonds. The van der Waals surface area contributed by atoms with E-state index >= 15 is 0 Å². The highest BCUT2D eigenvalue weighted by Gasteiger charge is 2.31. The number of nitrogens with zero attached hydrogens (tertiary/aromatic N) is 2. The number of aromatic nitrogens is 2. The average molecular weight is 346 g/mol. The zero-order chi connectivity index (χ0) is 13.9. The van der Waals surface area contributed by atoms with Crippen molar-refractivity contribution in [2.24, 2.45) is 7.05 Å². The van der Waals surface area contributed by atoms with Crippen LogP contribution in [0.25, 0.3) is 0 Å². The second-order valence-corrected chi connectivity index (χ2v) is 7.17. The molecule has 0 saturated heterocycles. The predicted molar refractivity (Wildman–Crippen MR) is 85.0 cm³/mol. The summed E-state index contributed by atoms with van der Waals surface area (Å²) < 4.78 is 2.20. The third-order valence-electron chi connectivity index (χ3n) is 3.88. The van der Waals surface area contributed by atoms with E-state index in [-0.39, 0.29) is 5.56 Å². The van der Waals surface area contributed by atoms with E-state index < -0.39 is 0 Å². The first-order chi connectivity index (χ1) is 9.08. The third kappa shape index (κ3) is 3.34. The van der Waals surface area contributed by atoms with E-state index in [0.29, 0.717) is 9.22 Å². The van der Waals surface area contributed by atoms with Crippen LogP contribution in [0.15, 0.2) is 15.5 Å². The molecule has 2 rings (SSSR count). The van der Waals surface area contributed by atoms with Crippen molar-refractivity contribution in [1.82, 2.24) is 9.78 Å². The lowest BCUT2D eigenvalue weighted by Crippen LogP contribution is -2.36. The largest absolute Gasteiger partial charge is 0.381 e. The summed E-state index contributed by atoms with van der Waals surface area (Å²) in [5.74, 6) is 0. The smallest absolute Gasteiger partial charge is 0.282 e. The van der Waals surface area contributed by atoms with Crippen LogP contribution in [-0.4, -0.2) is 27.3 Å². The minimum atomic E-state index is -0.105. The van der Waals surface area contributed by atoms with Gasteiger partial charge in [0.1, 0.15) is 4.47 Å². The summed E-state index contributed by atoms with van der Waals surface area (Å²) in [4.78, 5) is 11.8. The molecule has 1 aliphatic carbocycles. The summed E-state index contributed by atoms with van der Waals surface area (Å²) >= 11 is 5.30. The Morgan fingerprint density at radius 2 is 2.16 bits per heavy atom. The number of halogens is 1. The minimum Gasteiger partial charge on any atom is -0.381 e. The monoisotopic (exact) mass is 345 g/mol. The van der Waals surface area contributed by atoms with Crippen molar-refractivity contribution in [3.63, 3.8) is 0 Å². The summed E-state index contributed by atoms with van der Waals surface area (Å²) in [7, 11) is 1.65. The Labute approximate surface area is 126 Å². The van der Waals surface area contributed by atoms with E-state index in [1.54, 1.807) is 13.2 Å². The molecule has 0 aromatic carbocycles. The molecule has 106 valence electrons. The van der Waals surface area contributed by atoms with Gasteiger partial charge in [-0.2, -0.15) is 16.9 Å². The molecule has 0 bridgehead atoms. The van der Waals surface area contributed by atoms with Crippen LogP contribution in [0.3, 0.4) is 0 Å². The maximum absolute atomic E-state index is 11.8. The highest BCUT2D eigenvalue weighted by molar-refractivity contribution is 9.10. The molecular weight excluding hydrogens is 326 g/mol. The van der Waals surface area contributed by atoms with Crippen LogP contribution in [0.5, 0.6) is 0 Å². The maximum Gasteiger partial charge on any atom is 0.282 e. The van der Waals surface area contributed by atoms with Crippen LogP contribution < -0.4 is 10.9 Å². The standard InChI is InChI=1S/C13H20BrN3OS/c1-17-12(18)11(14)10(8-16-17)15-9-13(19-2)6-4-3-5-7-13/h8,15H,3-7,9H2,1-2H3. The lowest BCUT2D eigenvalue weighted by Gasteiger charge is -2.36. The van der Waals surface area contributed by atoms with Crippen LogP contribution in [0, 0.1) is 0 Å². The summed E-state index contributed by atoms with van der Waals surface area (Å²) in [6.07, 6.45) is 10.3. The van der Waals surface area contributed by atoms with Gasteiger partial charge in [0, 0.05) is 18.3 Å². The molecule has 0 atom stereocenters. The first kappa shape index (κ1) is 14.9. The molecule has 6 heteroatoms. The van der Waals surface area contributed by atoms with E-state index in [0.717, 1.165) is 12.2 Å². The number of hydrogen-bond donors (Lipinski definition) is 1. The third-order valence-corrected chi connectivity index (χ3v) is 6.06. The molecule has 1 saturated carbocycles. The summed E-state index contributed by atoms with van der Waals surface area (Å²) in [5.41, 5.74) is 0.689. The zero-order valence-electron chi connectivity index (χ0n) is 11.4. The molecular formula is C13H20BrN3OS. The Balaban J connectivity index is 2.09. The fourth-order valence-electron chi connectivity index (χ4n) is 2.54. The van der Waals surface area contributed by atoms with Gasteiger partial charge in [-0.25, -0.2) is 4.68 Å². The van der Waals surface area contributed by atoms with Crippen molar-refractivity contribution in [3.05, 3.63) is 21.0 Å². The molecule has 0 unspecified atom stereocenters. The van der Waals surface area contributed by atoms with Crippen LogP contribution in [-0.2, 0) is 7.05 Å². The van der Waals surface area contributed by atoms with Crippen molar-refractivity contribution in [2.45, 2.75) is 36.9 Å². The fourth-order valence-corrected chi connectivity index (χ4v) is 3.95. The fraction of sp³-hybridized carbons (Fsp3) is 0.692. The van der Waals surface area contributed by atoms with Crippen LogP contribution in [0.4, 0.5) is 5.69 Å². The van der Waals surface area contributed by atoms with Gasteiger partial charge in [0.15, 0.2) is 0 Å². The number of anilines is 1. The lowest BCUT2D eigenvalue weighted by molar-refractivity contribution is 0.411. The van der Waals surface area contributed by atoms with E-state index in [2.05, 4.69) is 32.6 Å². The topological polar surface area (TPSA) is 46.9 Å². The molecule has 19 heavy (non-hydrogen) atoms. The van der Waals surface area contributed by atoms with Crippen molar-refractivity contribution < 1.29 is 0 Å². The predicted octanol–water partition coefficient (Wildman–Crippen LogP) is 3.02. The average Bonchev–Trinajstić information content (AvgIpc) is 2.45. The number of thioether (sulfide) groups is 1. The number of aryl methyl sites for hydroxylation is 1. The quantitative estimate of drug-likeness (QED) is 0.910. The first-order valence-corrected chi connectivity index (χ1v) is 8.61. The van der Waals surface area contributed by atoms with Crippen molar-refractivity contribution in [2.75, 3.05) is 18.1 Å². The van der Waals surface area contributed by atoms with Gasteiger partial charge in [-0.3, -0.25) is 4.79 Å². The van der Waals surface area contributed by atoms with Crippen LogP contribution in [0.1, 0.15) is 32.1 Å². The second-order valence-electron chi connectivity index (χ2n) is 5.10. The number of hydrogen-bond acceptors (Lipinski definition) is 4. The van der Waals surface area contributed by atoms with E-state index in [4.69, 9.17) is 0 Å². The molecule has 0 radical (unpaired) electrons. The molecule has 1 fully saturated rings. The number of nitrogens with one attached hydrogen (secondary N) is 1. The highest BCUT2D eigenvalue weighted by Crippen LogP contribution is 2.38. The second kappa shape index (κ2) is 6.31. The van der Waals surface area contributed by atoms with Gasteiger partial charge in [0.2, 0.25) is 0 Å². The van der Waals surface area contributed by atoms with Gasteiger partial charge in [0.25, 0.3) is 5.56 Å². The summed E-state index contributed by atoms with van der Waals surface area (Å²) in [6, 6.07) is 0. The van der Waals surface area contributed by atoms with Crippen molar-refractivity contribution >= 4 is 33.4 Å². The van der Waals surface area contributed by atoms with Crippen molar-refractivity contribution in [1.29, 1.82) is 0 Å². The van der Waals surface area contributed by atoms with E-state index in [1.165, 1.54) is 36.8 Å². The molecule has 0 spiro atoms. The SMILES string of the molecule is CSC1(CNc2cnn(C)c(=O)c2Br)CCCCC1. The van der Waals surface area contributed by atoms with Gasteiger partial charge in [-0.15, -0.1) is 0 Å². The van der Waals surface area contributed by atoms with Gasteiger partial charge >= 0.3 is 0 Å². The zero-order valence-corrected chi connectivity index (χ0v) is 13.8. The molecule has 1 aromatic rings. The van der Waals surface area contributed by atoms with Crippen LogP contribution >= 0.6 is 27.7 Å². The molecule has 1 N–H and O–H groups in total. The van der Waals surface area contributed by atoms with Crippen LogP contribution in [0.2, 0.25) is 0 Å². The minimum absolute atomic E-state index is 0.105. The Morgan fingerprint density at radius 3 is 2.79 bits per heavy atom. The molecule has 1 aliphatic rings.